The Labute approximate surface area is 382 Å². The summed E-state index contributed by atoms with van der Waals surface area (Å²) in [7, 11) is 0. The second kappa shape index (κ2) is 19.4. The van der Waals surface area contributed by atoms with Crippen LogP contribution in [0.15, 0.2) is 91.4 Å². The number of nitrogens with zero attached hydrogens (tertiary/aromatic N) is 2. The van der Waals surface area contributed by atoms with E-state index in [2.05, 4.69) is 4.98 Å². The zero-order valence-electron chi connectivity index (χ0n) is 34.2. The first-order chi connectivity index (χ1) is 33.5. The van der Waals surface area contributed by atoms with E-state index in [-0.39, 0.29) is 0 Å². The van der Waals surface area contributed by atoms with Crippen LogP contribution in [0.4, 0.5) is 87.8 Å². The average molecular weight is 1020 g/mol. The minimum absolute atomic E-state index is 0.409. The number of esters is 1. The normalized spacial score (nSPS) is 11.5. The first-order valence-corrected chi connectivity index (χ1v) is 19.3. The lowest BCUT2D eigenvalue weighted by molar-refractivity contribution is -0.691. The number of fused-ring (bicyclic) bond motifs is 1. The summed E-state index contributed by atoms with van der Waals surface area (Å²) in [6.07, 6.45) is -2.24. The molecule has 0 N–H and O–H groups in total. The van der Waals surface area contributed by atoms with Crippen LogP contribution in [-0.2, 0) is 6.54 Å². The third-order valence-electron chi connectivity index (χ3n) is 10.9. The molecule has 2 aliphatic rings. The van der Waals surface area contributed by atoms with Crippen LogP contribution in [0, 0.1) is 116 Å². The zero-order valence-corrected chi connectivity index (χ0v) is 34.2. The van der Waals surface area contributed by atoms with Crippen molar-refractivity contribution in [2.45, 2.75) is 6.54 Å². The van der Waals surface area contributed by atoms with Gasteiger partial charge in [0, 0.05) is 5.56 Å². The van der Waals surface area contributed by atoms with Crippen molar-refractivity contribution in [1.29, 1.82) is 0 Å². The van der Waals surface area contributed by atoms with Gasteiger partial charge in [0.1, 0.15) is 64.6 Å². The number of carbonyl (C=O) groups is 1. The van der Waals surface area contributed by atoms with Crippen LogP contribution in [0.25, 0.3) is 11.1 Å². The summed E-state index contributed by atoms with van der Waals surface area (Å²) in [6, 6.07) is 23.6. The minimum atomic E-state index is -7.22. The minimum Gasteiger partial charge on any atom is -0.418 e. The van der Waals surface area contributed by atoms with Gasteiger partial charge in [-0.3, -0.25) is 4.98 Å². The van der Waals surface area contributed by atoms with E-state index < -0.39 is 150 Å². The first-order valence-electron chi connectivity index (χ1n) is 19.3. The molecule has 0 unspecified atom stereocenters. The van der Waals surface area contributed by atoms with E-state index in [1.807, 2.05) is 77.4 Å². The van der Waals surface area contributed by atoms with Gasteiger partial charge in [-0.15, -0.1) is 21.9 Å². The molecule has 0 saturated heterocycles. The number of ether oxygens (including phenoxy) is 1. The summed E-state index contributed by atoms with van der Waals surface area (Å²) in [5, 5.41) is 0. The van der Waals surface area contributed by atoms with Gasteiger partial charge in [0.2, 0.25) is 0 Å². The SMILES string of the molecule is Fc1c(F)c(F)c([B-](c2c(F)c(F)c(F)c(F)c2F)(c2c(F)c(F)c(F)c(F)c2F)c2c(F)c(F)c(F)c(F)c2F)c(F)c1F.O=C(Oc1cc2cccccc-2c1)c1cncc[n+]1Cc1ccccc1. The quantitative estimate of drug-likeness (QED) is 0.0381. The second-order valence-electron chi connectivity index (χ2n) is 14.8. The molecule has 1 aromatic heterocycles. The molecule has 6 aromatic rings. The van der Waals surface area contributed by atoms with Crippen molar-refractivity contribution < 1.29 is 102 Å². The highest BCUT2D eigenvalue weighted by atomic mass is 19.2. The Morgan fingerprint density at radius 3 is 1.04 bits per heavy atom. The van der Waals surface area contributed by atoms with Crippen molar-refractivity contribution in [1.82, 2.24) is 4.98 Å². The van der Waals surface area contributed by atoms with Gasteiger partial charge in [-0.1, -0.05) is 60.7 Å². The molecule has 5 aromatic carbocycles. The molecule has 0 spiro atoms. The Morgan fingerprint density at radius 2 is 0.718 bits per heavy atom. The van der Waals surface area contributed by atoms with Gasteiger partial charge in [-0.05, 0) is 23.3 Å². The average Bonchev–Trinajstić information content (AvgIpc) is 3.60. The summed E-state index contributed by atoms with van der Waals surface area (Å²) < 4.78 is 301. The van der Waals surface area contributed by atoms with E-state index in [9.17, 15) is 57.5 Å². The van der Waals surface area contributed by atoms with Crippen molar-refractivity contribution in [3.63, 3.8) is 0 Å². The van der Waals surface area contributed by atoms with Crippen LogP contribution in [0.3, 0.4) is 0 Å². The van der Waals surface area contributed by atoms with E-state index in [4.69, 9.17) is 4.74 Å². The Bertz CT molecular complexity index is 3000. The highest BCUT2D eigenvalue weighted by molar-refractivity contribution is 7.20. The van der Waals surface area contributed by atoms with E-state index >= 15 is 35.1 Å². The number of benzene rings is 5. The largest absolute Gasteiger partial charge is 0.418 e. The maximum atomic E-state index is 15.4. The van der Waals surface area contributed by atoms with Crippen LogP contribution in [0.5, 0.6) is 5.75 Å². The lowest BCUT2D eigenvalue weighted by atomic mass is 9.12. The predicted octanol–water partition coefficient (Wildman–Crippen LogP) is 9.59. The van der Waals surface area contributed by atoms with Gasteiger partial charge in [-0.2, -0.15) is 4.57 Å². The third kappa shape index (κ3) is 8.41. The molecular formula is C46H17BF20N2O2. The van der Waals surface area contributed by atoms with Crippen molar-refractivity contribution in [2.75, 3.05) is 0 Å². The third-order valence-corrected chi connectivity index (χ3v) is 10.9. The van der Waals surface area contributed by atoms with Gasteiger partial charge in [-0.25, -0.2) is 92.6 Å². The van der Waals surface area contributed by atoms with Crippen molar-refractivity contribution in [3.8, 4) is 16.9 Å². The maximum Gasteiger partial charge on any atom is 0.410 e. The van der Waals surface area contributed by atoms with Gasteiger partial charge in [0.25, 0.3) is 0 Å². The van der Waals surface area contributed by atoms with E-state index in [1.165, 1.54) is 6.20 Å². The number of halogens is 20. The fourth-order valence-electron chi connectivity index (χ4n) is 7.75. The number of aromatic nitrogens is 2. The van der Waals surface area contributed by atoms with Crippen LogP contribution in [-0.4, -0.2) is 17.1 Å². The molecule has 0 radical (unpaired) electrons. The molecular weight excluding hydrogens is 1000 g/mol. The monoisotopic (exact) mass is 1020 g/mol. The molecule has 2 aliphatic carbocycles. The second-order valence-corrected chi connectivity index (χ2v) is 14.8. The molecule has 71 heavy (non-hydrogen) atoms. The highest BCUT2D eigenvalue weighted by Crippen LogP contribution is 2.32. The molecule has 366 valence electrons. The van der Waals surface area contributed by atoms with Gasteiger partial charge in [0.15, 0.2) is 82.5 Å². The summed E-state index contributed by atoms with van der Waals surface area (Å²) in [4.78, 5) is 16.8. The predicted molar refractivity (Wildman–Crippen MR) is 207 cm³/mol. The number of carbonyl (C=O) groups excluding carboxylic acids is 1. The van der Waals surface area contributed by atoms with Gasteiger partial charge >= 0.3 is 11.7 Å². The molecule has 1 heterocycles. The van der Waals surface area contributed by atoms with Crippen LogP contribution >= 0.6 is 0 Å². The van der Waals surface area contributed by atoms with Crippen molar-refractivity contribution in [2.24, 2.45) is 0 Å². The lowest BCUT2D eigenvalue weighted by Gasteiger charge is -2.44. The van der Waals surface area contributed by atoms with Gasteiger partial charge in [0.05, 0.1) is 6.20 Å². The summed E-state index contributed by atoms with van der Waals surface area (Å²) in [5.74, 6) is -71.3. The van der Waals surface area contributed by atoms with Crippen molar-refractivity contribution in [3.05, 3.63) is 219 Å². The molecule has 0 bridgehead atoms. The standard InChI is InChI=1S/C24BF20.C22H17N2O2/c26-5-1(6(27)14(35)21(42)13(5)34)25(2-7(28)15(36)22(43)16(37)8(2)29,3-9(30)17(38)23(44)18(39)10(3)31)4-11(32)19(40)24(45)20(41)12(4)33;25-22(26-20-13-18-9-5-2-6-10-19(18)14-20)21-15-23-11-12-24(21)16-17-7-3-1-4-8-17/h;1-15H,16H2/q-1;+1. The highest BCUT2D eigenvalue weighted by Gasteiger charge is 2.52. The van der Waals surface area contributed by atoms with Crippen LogP contribution in [0.2, 0.25) is 0 Å². The smallest absolute Gasteiger partial charge is 0.410 e. The maximum absolute atomic E-state index is 15.4. The molecule has 0 aliphatic heterocycles. The fourth-order valence-corrected chi connectivity index (χ4v) is 7.75. The number of hydrogen-bond donors (Lipinski definition) is 0. The first kappa shape index (κ1) is 50.9. The van der Waals surface area contributed by atoms with Crippen molar-refractivity contribution >= 4 is 34.0 Å². The Hall–Kier alpha value is -7.99. The Balaban J connectivity index is 0.000000240. The molecule has 0 saturated carbocycles. The molecule has 8 rings (SSSR count). The van der Waals surface area contributed by atoms with E-state index in [0.29, 0.717) is 18.0 Å². The lowest BCUT2D eigenvalue weighted by Crippen LogP contribution is -2.81. The number of hydrogen-bond acceptors (Lipinski definition) is 3. The Kier molecular flexibility index (Phi) is 13.9. The zero-order chi connectivity index (χ0) is 52.1. The van der Waals surface area contributed by atoms with Crippen LogP contribution in [0.1, 0.15) is 16.1 Å². The molecule has 25 heteroatoms. The molecule has 0 atom stereocenters. The summed E-state index contributed by atoms with van der Waals surface area (Å²) in [5.41, 5.74) is -10.8. The van der Waals surface area contributed by atoms with E-state index in [1.54, 1.807) is 12.4 Å². The topological polar surface area (TPSA) is 43.1 Å². The van der Waals surface area contributed by atoms with Crippen LogP contribution < -0.4 is 31.2 Å². The fraction of sp³-hybridized carbons (Fsp3) is 0.0217. The van der Waals surface area contributed by atoms with Gasteiger partial charge < -0.3 is 4.74 Å². The molecule has 0 amide bonds. The Morgan fingerprint density at radius 1 is 0.423 bits per heavy atom. The molecule has 0 fully saturated rings. The van der Waals surface area contributed by atoms with E-state index in [0.717, 1.165) is 16.7 Å². The number of rotatable bonds is 8. The molecule has 4 nitrogen and oxygen atoms in total. The summed E-state index contributed by atoms with van der Waals surface area (Å²) in [6.45, 7) is 0.576. The summed E-state index contributed by atoms with van der Waals surface area (Å²) >= 11 is 0.